The molecule has 2 heteroatoms. The van der Waals surface area contributed by atoms with Crippen LogP contribution in [0.3, 0.4) is 0 Å². The lowest BCUT2D eigenvalue weighted by molar-refractivity contribution is -0.149. The summed E-state index contributed by atoms with van der Waals surface area (Å²) in [5, 5.41) is 0. The molecule has 0 heterocycles. The van der Waals surface area contributed by atoms with Gasteiger partial charge in [-0.05, 0) is 18.8 Å². The lowest BCUT2D eigenvalue weighted by Crippen LogP contribution is -2.19. The number of carbonyl (C=O) groups excluding carboxylic acids is 1. The molecule has 1 aliphatic carbocycles. The molecule has 0 N–H and O–H groups in total. The van der Waals surface area contributed by atoms with Crippen LogP contribution in [0.4, 0.5) is 0 Å². The van der Waals surface area contributed by atoms with Crippen molar-refractivity contribution in [1.29, 1.82) is 0 Å². The second kappa shape index (κ2) is 3.25. The quantitative estimate of drug-likeness (QED) is 0.637. The Balaban J connectivity index is 2.56. The van der Waals surface area contributed by atoms with Gasteiger partial charge in [-0.25, -0.2) is 0 Å². The Hall–Kier alpha value is -0.530. The molecule has 2 nitrogen and oxygen atoms in total. The minimum Gasteiger partial charge on any atom is -0.459 e. The number of hydrogen-bond acceptors (Lipinski definition) is 2. The Morgan fingerprint density at radius 3 is 2.29 bits per heavy atom. The number of carbonyl (C=O) groups is 1. The number of ether oxygens (including phenoxy) is 1. The van der Waals surface area contributed by atoms with E-state index < -0.39 is 0 Å². The predicted molar refractivity (Wildman–Crippen MR) is 56.9 cm³/mol. The van der Waals surface area contributed by atoms with Crippen molar-refractivity contribution < 1.29 is 9.53 Å². The van der Waals surface area contributed by atoms with Crippen LogP contribution >= 0.6 is 0 Å². The summed E-state index contributed by atoms with van der Waals surface area (Å²) in [5.41, 5.74) is 0.121. The number of hydrogen-bond donors (Lipinski definition) is 0. The normalized spacial score (nSPS) is 36.7. The molecule has 3 atom stereocenters. The van der Waals surface area contributed by atoms with E-state index in [-0.39, 0.29) is 11.6 Å². The summed E-state index contributed by atoms with van der Waals surface area (Å²) in [4.78, 5) is 10.9. The molecule has 0 aromatic heterocycles. The zero-order chi connectivity index (χ0) is 11.1. The fraction of sp³-hybridized carbons (Fsp3) is 0.917. The highest BCUT2D eigenvalue weighted by Crippen LogP contribution is 2.57. The van der Waals surface area contributed by atoms with E-state index in [0.717, 1.165) is 6.42 Å². The Kier molecular flexibility index (Phi) is 2.68. The third-order valence-corrected chi connectivity index (χ3v) is 3.33. The molecule has 14 heavy (non-hydrogen) atoms. The average Bonchev–Trinajstić information content (AvgIpc) is 2.35. The van der Waals surface area contributed by atoms with Gasteiger partial charge < -0.3 is 4.74 Å². The molecule has 0 saturated heterocycles. The van der Waals surface area contributed by atoms with E-state index in [1.807, 2.05) is 0 Å². The fourth-order valence-electron chi connectivity index (χ4n) is 2.32. The second-order valence-corrected chi connectivity index (χ2v) is 5.94. The average molecular weight is 198 g/mol. The van der Waals surface area contributed by atoms with Crippen LogP contribution in [0.25, 0.3) is 0 Å². The summed E-state index contributed by atoms with van der Waals surface area (Å²) in [6.07, 6.45) is 1.12. The lowest BCUT2D eigenvalue weighted by Gasteiger charge is -2.20. The Morgan fingerprint density at radius 1 is 1.43 bits per heavy atom. The van der Waals surface area contributed by atoms with Crippen molar-refractivity contribution in [3.63, 3.8) is 0 Å². The molecule has 0 spiro atoms. The van der Waals surface area contributed by atoms with Crippen molar-refractivity contribution in [3.8, 4) is 0 Å². The van der Waals surface area contributed by atoms with Gasteiger partial charge in [-0.15, -0.1) is 0 Å². The molecule has 0 aliphatic heterocycles. The molecular weight excluding hydrogens is 176 g/mol. The van der Waals surface area contributed by atoms with Gasteiger partial charge in [0, 0.05) is 18.8 Å². The minimum atomic E-state index is -0.195. The molecule has 1 fully saturated rings. The molecular formula is C12H22O2. The van der Waals surface area contributed by atoms with E-state index in [1.165, 1.54) is 6.92 Å². The fourth-order valence-corrected chi connectivity index (χ4v) is 2.32. The molecule has 1 aliphatic rings. The van der Waals surface area contributed by atoms with Gasteiger partial charge in [0.15, 0.2) is 0 Å². The van der Waals surface area contributed by atoms with E-state index >= 15 is 0 Å². The van der Waals surface area contributed by atoms with Crippen molar-refractivity contribution >= 4 is 5.97 Å². The van der Waals surface area contributed by atoms with E-state index in [0.29, 0.717) is 17.3 Å². The highest BCUT2D eigenvalue weighted by molar-refractivity contribution is 5.67. The van der Waals surface area contributed by atoms with Crippen LogP contribution in [0, 0.1) is 17.3 Å². The van der Waals surface area contributed by atoms with Crippen LogP contribution in [0.15, 0.2) is 0 Å². The summed E-state index contributed by atoms with van der Waals surface area (Å²) >= 11 is 0. The minimum absolute atomic E-state index is 0.157. The van der Waals surface area contributed by atoms with Gasteiger partial charge in [0.05, 0.1) is 0 Å². The maximum absolute atomic E-state index is 10.9. The predicted octanol–water partition coefficient (Wildman–Crippen LogP) is 3.01. The molecule has 0 aromatic rings. The number of esters is 1. The third kappa shape index (κ3) is 2.28. The van der Waals surface area contributed by atoms with Crippen LogP contribution in [-0.4, -0.2) is 11.6 Å². The molecule has 82 valence electrons. The second-order valence-electron chi connectivity index (χ2n) is 5.94. The molecule has 1 saturated carbocycles. The van der Waals surface area contributed by atoms with Crippen LogP contribution in [0.1, 0.15) is 48.0 Å². The summed E-state index contributed by atoms with van der Waals surface area (Å²) in [5.74, 6) is 0.882. The standard InChI is InChI=1S/C12H22O2/c1-8-10(7-11(3,4)5)12(8,6)14-9(2)13/h8,10H,7H2,1-6H3. The van der Waals surface area contributed by atoms with Crippen molar-refractivity contribution in [1.82, 2.24) is 0 Å². The number of rotatable bonds is 2. The highest BCUT2D eigenvalue weighted by Gasteiger charge is 2.61. The maximum atomic E-state index is 10.9. The molecule has 0 bridgehead atoms. The zero-order valence-electron chi connectivity index (χ0n) is 10.2. The van der Waals surface area contributed by atoms with Gasteiger partial charge in [0.25, 0.3) is 0 Å². The Labute approximate surface area is 87.0 Å². The first-order valence-electron chi connectivity index (χ1n) is 5.36. The van der Waals surface area contributed by atoms with Crippen molar-refractivity contribution in [3.05, 3.63) is 0 Å². The molecule has 0 aromatic carbocycles. The monoisotopic (exact) mass is 198 g/mol. The summed E-state index contributed by atoms with van der Waals surface area (Å²) in [6, 6.07) is 0. The van der Waals surface area contributed by atoms with Gasteiger partial charge in [-0.1, -0.05) is 27.7 Å². The van der Waals surface area contributed by atoms with Gasteiger partial charge in [0.2, 0.25) is 0 Å². The maximum Gasteiger partial charge on any atom is 0.303 e. The Bertz CT molecular complexity index is 239. The third-order valence-electron chi connectivity index (χ3n) is 3.33. The SMILES string of the molecule is CC(=O)OC1(C)C(C)C1CC(C)(C)C. The summed E-state index contributed by atoms with van der Waals surface area (Å²) < 4.78 is 5.38. The van der Waals surface area contributed by atoms with Gasteiger partial charge in [-0.2, -0.15) is 0 Å². The van der Waals surface area contributed by atoms with Crippen LogP contribution in [-0.2, 0) is 9.53 Å². The first-order chi connectivity index (χ1) is 6.17. The Morgan fingerprint density at radius 2 is 1.93 bits per heavy atom. The molecule has 0 amide bonds. The van der Waals surface area contributed by atoms with E-state index in [2.05, 4.69) is 34.6 Å². The topological polar surface area (TPSA) is 26.3 Å². The molecule has 1 rings (SSSR count). The van der Waals surface area contributed by atoms with Crippen LogP contribution < -0.4 is 0 Å². The lowest BCUT2D eigenvalue weighted by atomic mass is 9.88. The van der Waals surface area contributed by atoms with Gasteiger partial charge >= 0.3 is 5.97 Å². The zero-order valence-corrected chi connectivity index (χ0v) is 10.2. The summed E-state index contributed by atoms with van der Waals surface area (Å²) in [7, 11) is 0. The summed E-state index contributed by atoms with van der Waals surface area (Å²) in [6.45, 7) is 12.4. The molecule has 0 radical (unpaired) electrons. The highest BCUT2D eigenvalue weighted by atomic mass is 16.6. The largest absolute Gasteiger partial charge is 0.459 e. The first kappa shape index (κ1) is 11.5. The van der Waals surface area contributed by atoms with Crippen molar-refractivity contribution in [2.75, 3.05) is 0 Å². The van der Waals surface area contributed by atoms with E-state index in [1.54, 1.807) is 0 Å². The van der Waals surface area contributed by atoms with Gasteiger partial charge in [0.1, 0.15) is 5.60 Å². The molecule has 3 unspecified atom stereocenters. The first-order valence-corrected chi connectivity index (χ1v) is 5.36. The smallest absolute Gasteiger partial charge is 0.303 e. The van der Waals surface area contributed by atoms with E-state index in [9.17, 15) is 4.79 Å². The van der Waals surface area contributed by atoms with Crippen LogP contribution in [0.5, 0.6) is 0 Å². The van der Waals surface area contributed by atoms with Crippen LogP contribution in [0.2, 0.25) is 0 Å². The van der Waals surface area contributed by atoms with Gasteiger partial charge in [-0.3, -0.25) is 4.79 Å². The van der Waals surface area contributed by atoms with Crippen molar-refractivity contribution in [2.24, 2.45) is 17.3 Å². The van der Waals surface area contributed by atoms with E-state index in [4.69, 9.17) is 4.74 Å². The van der Waals surface area contributed by atoms with Crippen molar-refractivity contribution in [2.45, 2.75) is 53.6 Å².